The van der Waals surface area contributed by atoms with Gasteiger partial charge >= 0.3 is 26.8 Å². The molecule has 0 saturated heterocycles. The lowest BCUT2D eigenvalue weighted by atomic mass is 10.1. The van der Waals surface area contributed by atoms with Crippen molar-refractivity contribution in [2.45, 2.75) is 104 Å². The monoisotopic (exact) mass is 544 g/mol. The summed E-state index contributed by atoms with van der Waals surface area (Å²) in [7, 11) is -8.65. The van der Waals surface area contributed by atoms with Crippen LogP contribution in [0.2, 0.25) is 0 Å². The minimum Gasteiger partial charge on any atom is -0.325 e. The summed E-state index contributed by atoms with van der Waals surface area (Å²) in [5.74, 6) is -0.893. The second kappa shape index (κ2) is 24.4. The van der Waals surface area contributed by atoms with Crippen molar-refractivity contribution >= 4 is 26.8 Å². The van der Waals surface area contributed by atoms with Crippen LogP contribution in [-0.2, 0) is 43.2 Å². The van der Waals surface area contributed by atoms with Crippen LogP contribution < -0.4 is 0 Å². The van der Waals surface area contributed by atoms with Gasteiger partial charge in [-0.3, -0.25) is 9.35 Å². The first-order chi connectivity index (χ1) is 16.6. The molecule has 0 unspecified atom stereocenters. The van der Waals surface area contributed by atoms with Gasteiger partial charge in [-0.1, -0.05) is 80.9 Å². The lowest BCUT2D eigenvalue weighted by molar-refractivity contribution is -0.204. The molecule has 0 radical (unpaired) electrons. The molecule has 208 valence electrons. The Kier molecular flexibility index (Phi) is 25.0. The Balaban J connectivity index is 0. The highest BCUT2D eigenvalue weighted by molar-refractivity contribution is 7.81. The van der Waals surface area contributed by atoms with Crippen LogP contribution in [-0.4, -0.2) is 40.6 Å². The first-order valence-electron chi connectivity index (χ1n) is 12.2. The Morgan fingerprint density at radius 3 is 1.83 bits per heavy atom. The van der Waals surface area contributed by atoms with E-state index in [1.807, 2.05) is 0 Å². The van der Waals surface area contributed by atoms with Gasteiger partial charge in [0.1, 0.15) is 0 Å². The van der Waals surface area contributed by atoms with Crippen molar-refractivity contribution in [1.29, 1.82) is 0 Å². The van der Waals surface area contributed by atoms with Crippen molar-refractivity contribution in [2.24, 2.45) is 0 Å². The zero-order valence-electron chi connectivity index (χ0n) is 21.2. The Morgan fingerprint density at radius 2 is 1.34 bits per heavy atom. The zero-order chi connectivity index (χ0) is 26.8. The third-order valence-corrected chi connectivity index (χ3v) is 5.50. The van der Waals surface area contributed by atoms with Gasteiger partial charge < -0.3 is 4.18 Å². The minimum absolute atomic E-state index is 0.0257. The summed E-state index contributed by atoms with van der Waals surface area (Å²) < 4.78 is 61.9. The number of carbonyl (C=O) groups is 1. The Morgan fingerprint density at radius 1 is 0.829 bits per heavy atom. The second-order valence-electron chi connectivity index (χ2n) is 7.67. The maximum Gasteiger partial charge on any atom is 0.448 e. The molecule has 12 heteroatoms. The highest BCUT2D eigenvalue weighted by Crippen LogP contribution is 2.10. The van der Waals surface area contributed by atoms with Crippen LogP contribution in [0.25, 0.3) is 0 Å². The van der Waals surface area contributed by atoms with Crippen molar-refractivity contribution in [1.82, 2.24) is 0 Å². The molecule has 0 aliphatic heterocycles. The summed E-state index contributed by atoms with van der Waals surface area (Å²) >= 11 is 0. The van der Waals surface area contributed by atoms with E-state index in [1.54, 1.807) is 6.92 Å². The predicted molar refractivity (Wildman–Crippen MR) is 135 cm³/mol. The third-order valence-electron chi connectivity index (χ3n) is 4.42. The quantitative estimate of drug-likeness (QED) is 0.0586. The fourth-order valence-electron chi connectivity index (χ4n) is 2.76. The molecule has 0 bridgehead atoms. The van der Waals surface area contributed by atoms with E-state index in [0.717, 1.165) is 32.1 Å². The molecule has 0 fully saturated rings. The topological polar surface area (TPSA) is 142 Å². The molecule has 0 saturated carbocycles. The summed E-state index contributed by atoms with van der Waals surface area (Å²) in [5, 5.41) is 0. The highest BCUT2D eigenvalue weighted by Gasteiger charge is 2.12. The van der Waals surface area contributed by atoms with Gasteiger partial charge in [-0.2, -0.15) is 16.8 Å². The molecule has 0 aromatic carbocycles. The normalized spacial score (nSPS) is 11.7. The van der Waals surface area contributed by atoms with Crippen LogP contribution in [0.15, 0.2) is 24.8 Å². The molecule has 0 aromatic heterocycles. The van der Waals surface area contributed by atoms with Gasteiger partial charge in [-0.05, 0) is 39.0 Å². The highest BCUT2D eigenvalue weighted by atomic mass is 32.3. The maximum atomic E-state index is 11.0. The third kappa shape index (κ3) is 32.7. The average molecular weight is 545 g/mol. The summed E-state index contributed by atoms with van der Waals surface area (Å²) in [6.07, 6.45) is 20.9. The largest absolute Gasteiger partial charge is 0.448 e. The van der Waals surface area contributed by atoms with Gasteiger partial charge in [-0.25, -0.2) is 9.07 Å². The van der Waals surface area contributed by atoms with Crippen molar-refractivity contribution in [3.63, 3.8) is 0 Å². The standard InChI is InChI=1S/C18H34O5S.C5H10O5S/c1-2-3-4-5-6-7-8-9-10-11-12-13-14-15-16-17-18(19)23-24(20,21)22;1-3-5-9-11(6,7)10-8-4-2/h9-10H,2-8,11-17H2,1H3,(H,20,21,22);3H,1,4-5H2,2H3/b10-9-;. The van der Waals surface area contributed by atoms with Crippen LogP contribution >= 0.6 is 0 Å². The van der Waals surface area contributed by atoms with E-state index in [2.05, 4.69) is 43.2 Å². The lowest BCUT2D eigenvalue weighted by Crippen LogP contribution is -2.11. The molecule has 0 amide bonds. The van der Waals surface area contributed by atoms with E-state index in [1.165, 1.54) is 51.0 Å². The first kappa shape index (κ1) is 35.8. The Bertz CT molecular complexity index is 746. The van der Waals surface area contributed by atoms with Crippen LogP contribution in [0, 0.1) is 0 Å². The Hall–Kier alpha value is -1.31. The van der Waals surface area contributed by atoms with Gasteiger partial charge in [0, 0.05) is 6.42 Å². The summed E-state index contributed by atoms with van der Waals surface area (Å²) in [6.45, 7) is 7.09. The number of allylic oxidation sites excluding steroid dienone is 2. The zero-order valence-corrected chi connectivity index (χ0v) is 22.8. The molecule has 35 heavy (non-hydrogen) atoms. The second-order valence-corrected chi connectivity index (χ2v) is 9.88. The molecule has 0 aliphatic carbocycles. The fraction of sp³-hybridized carbons (Fsp3) is 0.783. The number of rotatable bonds is 22. The maximum absolute atomic E-state index is 11.0. The van der Waals surface area contributed by atoms with Crippen molar-refractivity contribution in [3.8, 4) is 0 Å². The van der Waals surface area contributed by atoms with Crippen LogP contribution in [0.5, 0.6) is 0 Å². The minimum atomic E-state index is -4.65. The molecule has 0 heterocycles. The summed E-state index contributed by atoms with van der Waals surface area (Å²) in [5.41, 5.74) is 0. The van der Waals surface area contributed by atoms with E-state index in [-0.39, 0.29) is 19.6 Å². The van der Waals surface area contributed by atoms with E-state index in [4.69, 9.17) is 4.55 Å². The molecule has 0 aromatic rings. The fourth-order valence-corrected chi connectivity index (χ4v) is 3.59. The first-order valence-corrected chi connectivity index (χ1v) is 14.9. The van der Waals surface area contributed by atoms with Crippen molar-refractivity contribution < 1.29 is 43.8 Å². The molecule has 0 atom stereocenters. The SMILES string of the molecule is C=CCOS(=O)(=O)OOCC.CCCCCCCC/C=C\CCCCCCCC(=O)OS(=O)(=O)O. The van der Waals surface area contributed by atoms with E-state index in [9.17, 15) is 21.6 Å². The van der Waals surface area contributed by atoms with Gasteiger partial charge in [0.15, 0.2) is 0 Å². The number of carbonyl (C=O) groups excluding carboxylic acids is 1. The number of hydrogen-bond acceptors (Lipinski definition) is 9. The summed E-state index contributed by atoms with van der Waals surface area (Å²) in [4.78, 5) is 15.2. The predicted octanol–water partition coefficient (Wildman–Crippen LogP) is 5.77. The van der Waals surface area contributed by atoms with E-state index in [0.29, 0.717) is 6.42 Å². The van der Waals surface area contributed by atoms with E-state index < -0.39 is 26.8 Å². The average Bonchev–Trinajstić information content (AvgIpc) is 2.78. The van der Waals surface area contributed by atoms with E-state index >= 15 is 0 Å². The van der Waals surface area contributed by atoms with Crippen LogP contribution in [0.1, 0.15) is 104 Å². The molecular weight excluding hydrogens is 500 g/mol. The van der Waals surface area contributed by atoms with Gasteiger partial charge in [0.05, 0.1) is 13.2 Å². The number of hydrogen-bond donors (Lipinski definition) is 1. The van der Waals surface area contributed by atoms with Gasteiger partial charge in [-0.15, -0.1) is 6.58 Å². The molecule has 1 N–H and O–H groups in total. The van der Waals surface area contributed by atoms with Gasteiger partial charge in [0.2, 0.25) is 0 Å². The van der Waals surface area contributed by atoms with Crippen LogP contribution in [0.3, 0.4) is 0 Å². The summed E-state index contributed by atoms with van der Waals surface area (Å²) in [6, 6.07) is 0. The van der Waals surface area contributed by atoms with Crippen LogP contribution in [0.4, 0.5) is 0 Å². The molecule has 10 nitrogen and oxygen atoms in total. The van der Waals surface area contributed by atoms with Gasteiger partial charge in [0.25, 0.3) is 0 Å². The van der Waals surface area contributed by atoms with Crippen molar-refractivity contribution in [3.05, 3.63) is 24.8 Å². The smallest absolute Gasteiger partial charge is 0.325 e. The molecule has 0 spiro atoms. The molecule has 0 aliphatic rings. The number of unbranched alkanes of at least 4 members (excludes halogenated alkanes) is 11. The van der Waals surface area contributed by atoms with Crippen molar-refractivity contribution in [2.75, 3.05) is 13.2 Å². The Labute approximate surface area is 212 Å². The molecule has 0 rings (SSSR count). The lowest BCUT2D eigenvalue weighted by Gasteiger charge is -2.01. The molecular formula is C23H44O10S2.